The molecule has 0 amide bonds. The quantitative estimate of drug-likeness (QED) is 0.838. The summed E-state index contributed by atoms with van der Waals surface area (Å²) >= 11 is 3.40. The number of nitriles is 1. The Kier molecular flexibility index (Phi) is 3.63. The molecule has 0 aliphatic carbocycles. The Hall–Kier alpha value is -1.86. The molecule has 1 heterocycles. The second-order valence-electron chi connectivity index (χ2n) is 3.96. The van der Waals surface area contributed by atoms with Gasteiger partial charge in [-0.15, -0.1) is 0 Å². The van der Waals surface area contributed by atoms with Crippen LogP contribution < -0.4 is 4.74 Å². The van der Waals surface area contributed by atoms with E-state index in [0.717, 1.165) is 21.5 Å². The number of hydrogen-bond acceptors (Lipinski definition) is 3. The third-order valence-electron chi connectivity index (χ3n) is 2.41. The van der Waals surface area contributed by atoms with Crippen molar-refractivity contribution >= 4 is 15.9 Å². The van der Waals surface area contributed by atoms with Crippen molar-refractivity contribution in [2.24, 2.45) is 0 Å². The number of hydrogen-bond donors (Lipinski definition) is 0. The molecular formula is C14H11BrN2O. The van der Waals surface area contributed by atoms with Gasteiger partial charge in [-0.2, -0.15) is 5.26 Å². The highest BCUT2D eigenvalue weighted by Crippen LogP contribution is 2.27. The number of halogens is 1. The van der Waals surface area contributed by atoms with Gasteiger partial charge in [0.15, 0.2) is 0 Å². The highest BCUT2D eigenvalue weighted by molar-refractivity contribution is 9.10. The lowest BCUT2D eigenvalue weighted by Crippen LogP contribution is -1.93. The van der Waals surface area contributed by atoms with Gasteiger partial charge in [-0.1, -0.05) is 15.9 Å². The predicted octanol–water partition coefficient (Wildman–Crippen LogP) is 4.12. The summed E-state index contributed by atoms with van der Waals surface area (Å²) in [5, 5.41) is 8.90. The third kappa shape index (κ3) is 2.88. The second kappa shape index (κ2) is 5.19. The Morgan fingerprint density at radius 1 is 1.22 bits per heavy atom. The summed E-state index contributed by atoms with van der Waals surface area (Å²) in [6, 6.07) is 11.2. The first-order chi connectivity index (χ1) is 8.58. The van der Waals surface area contributed by atoms with E-state index in [1.54, 1.807) is 12.1 Å². The van der Waals surface area contributed by atoms with E-state index >= 15 is 0 Å². The van der Waals surface area contributed by atoms with Gasteiger partial charge in [-0.05, 0) is 43.7 Å². The lowest BCUT2D eigenvalue weighted by atomic mass is 10.2. The molecule has 1 aromatic carbocycles. The molecule has 2 rings (SSSR count). The van der Waals surface area contributed by atoms with Crippen LogP contribution in [0.25, 0.3) is 0 Å². The predicted molar refractivity (Wildman–Crippen MR) is 72.6 cm³/mol. The van der Waals surface area contributed by atoms with Crippen LogP contribution in [0.3, 0.4) is 0 Å². The molecule has 0 saturated carbocycles. The average molecular weight is 303 g/mol. The number of rotatable bonds is 2. The monoisotopic (exact) mass is 302 g/mol. The van der Waals surface area contributed by atoms with E-state index in [1.165, 1.54) is 0 Å². The molecule has 90 valence electrons. The van der Waals surface area contributed by atoms with Gasteiger partial charge >= 0.3 is 0 Å². The molecule has 0 aliphatic rings. The Balaban J connectivity index is 2.34. The molecule has 0 bridgehead atoms. The van der Waals surface area contributed by atoms with Gasteiger partial charge in [0.25, 0.3) is 0 Å². The maximum atomic E-state index is 8.90. The van der Waals surface area contributed by atoms with Crippen molar-refractivity contribution in [3.63, 3.8) is 0 Å². The Labute approximate surface area is 114 Å². The normalized spacial score (nSPS) is 9.89. The van der Waals surface area contributed by atoms with E-state index in [9.17, 15) is 0 Å². The van der Waals surface area contributed by atoms with Gasteiger partial charge < -0.3 is 4.74 Å². The van der Waals surface area contributed by atoms with E-state index in [1.807, 2.05) is 32.0 Å². The van der Waals surface area contributed by atoms with Crippen LogP contribution in [0.4, 0.5) is 0 Å². The molecule has 1 aromatic heterocycles. The summed E-state index contributed by atoms with van der Waals surface area (Å²) in [5.74, 6) is 1.18. The number of benzene rings is 1. The zero-order valence-corrected chi connectivity index (χ0v) is 11.7. The van der Waals surface area contributed by atoms with Crippen LogP contribution in [0, 0.1) is 25.2 Å². The van der Waals surface area contributed by atoms with Crippen molar-refractivity contribution in [2.75, 3.05) is 0 Å². The second-order valence-corrected chi connectivity index (χ2v) is 4.87. The van der Waals surface area contributed by atoms with Crippen LogP contribution in [-0.2, 0) is 0 Å². The highest BCUT2D eigenvalue weighted by Gasteiger charge is 2.05. The molecule has 0 saturated heterocycles. The van der Waals surface area contributed by atoms with Crippen molar-refractivity contribution in [1.29, 1.82) is 5.26 Å². The molecule has 0 radical (unpaired) electrons. The summed E-state index contributed by atoms with van der Waals surface area (Å²) in [7, 11) is 0. The highest BCUT2D eigenvalue weighted by atomic mass is 79.9. The van der Waals surface area contributed by atoms with Gasteiger partial charge in [0.2, 0.25) is 5.88 Å². The zero-order valence-electron chi connectivity index (χ0n) is 10.1. The first-order valence-corrected chi connectivity index (χ1v) is 6.20. The molecule has 4 heteroatoms. The largest absolute Gasteiger partial charge is 0.439 e. The number of aryl methyl sites for hydroxylation is 2. The maximum absolute atomic E-state index is 8.90. The lowest BCUT2D eigenvalue weighted by Gasteiger charge is -2.08. The van der Waals surface area contributed by atoms with Gasteiger partial charge in [-0.3, -0.25) is 0 Å². The number of ether oxygens (including phenoxy) is 1. The smallest absolute Gasteiger partial charge is 0.220 e. The SMILES string of the molecule is Cc1cc(C#N)cc(Oc2ccc(Br)cc2C)n1. The topological polar surface area (TPSA) is 45.9 Å². The van der Waals surface area contributed by atoms with Gasteiger partial charge in [0.1, 0.15) is 5.75 Å². The van der Waals surface area contributed by atoms with Crippen LogP contribution in [0.1, 0.15) is 16.8 Å². The molecule has 0 aliphatic heterocycles. The first kappa shape index (κ1) is 12.6. The minimum Gasteiger partial charge on any atom is -0.439 e. The molecule has 0 unspecified atom stereocenters. The van der Waals surface area contributed by atoms with E-state index in [0.29, 0.717) is 11.4 Å². The molecule has 0 atom stereocenters. The molecular weight excluding hydrogens is 292 g/mol. The van der Waals surface area contributed by atoms with E-state index in [4.69, 9.17) is 10.00 Å². The molecule has 2 aromatic rings. The molecule has 18 heavy (non-hydrogen) atoms. The molecule has 0 spiro atoms. The molecule has 0 N–H and O–H groups in total. The average Bonchev–Trinajstić information content (AvgIpc) is 2.32. The van der Waals surface area contributed by atoms with Crippen molar-refractivity contribution in [3.05, 3.63) is 51.6 Å². The third-order valence-corrected chi connectivity index (χ3v) is 2.90. The molecule has 0 fully saturated rings. The fourth-order valence-electron chi connectivity index (χ4n) is 1.59. The lowest BCUT2D eigenvalue weighted by molar-refractivity contribution is 0.458. The minimum absolute atomic E-state index is 0.442. The zero-order chi connectivity index (χ0) is 13.1. The fraction of sp³-hybridized carbons (Fsp3) is 0.143. The number of aromatic nitrogens is 1. The fourth-order valence-corrected chi connectivity index (χ4v) is 2.07. The van der Waals surface area contributed by atoms with Crippen LogP contribution in [-0.4, -0.2) is 4.98 Å². The number of nitrogens with zero attached hydrogens (tertiary/aromatic N) is 2. The van der Waals surface area contributed by atoms with Crippen LogP contribution in [0.15, 0.2) is 34.8 Å². The summed E-state index contributed by atoms with van der Waals surface area (Å²) in [5.41, 5.74) is 2.32. The Morgan fingerprint density at radius 2 is 2.00 bits per heavy atom. The minimum atomic E-state index is 0.442. The summed E-state index contributed by atoms with van der Waals surface area (Å²) in [6.07, 6.45) is 0. The van der Waals surface area contributed by atoms with Crippen molar-refractivity contribution < 1.29 is 4.74 Å². The first-order valence-electron chi connectivity index (χ1n) is 5.41. The van der Waals surface area contributed by atoms with Crippen molar-refractivity contribution in [1.82, 2.24) is 4.98 Å². The van der Waals surface area contributed by atoms with E-state index < -0.39 is 0 Å². The molecule has 3 nitrogen and oxygen atoms in total. The Bertz CT molecular complexity index is 632. The van der Waals surface area contributed by atoms with E-state index in [2.05, 4.69) is 27.0 Å². The van der Waals surface area contributed by atoms with E-state index in [-0.39, 0.29) is 0 Å². The van der Waals surface area contributed by atoms with Gasteiger partial charge in [0.05, 0.1) is 11.6 Å². The van der Waals surface area contributed by atoms with Crippen molar-refractivity contribution in [2.45, 2.75) is 13.8 Å². The van der Waals surface area contributed by atoms with Crippen molar-refractivity contribution in [3.8, 4) is 17.7 Å². The number of pyridine rings is 1. The standard InChI is InChI=1S/C14H11BrN2O/c1-9-5-12(15)3-4-13(9)18-14-7-11(8-16)6-10(2)17-14/h3-7H,1-2H3. The van der Waals surface area contributed by atoms with Crippen LogP contribution in [0.5, 0.6) is 11.6 Å². The van der Waals surface area contributed by atoms with Gasteiger partial charge in [-0.25, -0.2) is 4.98 Å². The summed E-state index contributed by atoms with van der Waals surface area (Å²) in [6.45, 7) is 3.79. The van der Waals surface area contributed by atoms with Crippen LogP contribution in [0.2, 0.25) is 0 Å². The van der Waals surface area contributed by atoms with Crippen LogP contribution >= 0.6 is 15.9 Å². The summed E-state index contributed by atoms with van der Waals surface area (Å²) in [4.78, 5) is 4.26. The Morgan fingerprint density at radius 3 is 2.67 bits per heavy atom. The maximum Gasteiger partial charge on any atom is 0.220 e. The summed E-state index contributed by atoms with van der Waals surface area (Å²) < 4.78 is 6.71. The van der Waals surface area contributed by atoms with Gasteiger partial charge in [0, 0.05) is 16.2 Å².